The minimum Gasteiger partial charge on any atom is -0.463 e. The van der Waals surface area contributed by atoms with E-state index in [1.165, 1.54) is 4.90 Å². The lowest BCUT2D eigenvalue weighted by atomic mass is 10.1. The quantitative estimate of drug-likeness (QED) is 0.746. The van der Waals surface area contributed by atoms with Crippen LogP contribution in [0.4, 0.5) is 4.79 Å². The van der Waals surface area contributed by atoms with Crippen molar-refractivity contribution in [3.8, 4) is 0 Å². The lowest BCUT2D eigenvalue weighted by molar-refractivity contribution is -0.149. The summed E-state index contributed by atoms with van der Waals surface area (Å²) < 4.78 is 16.4. The second-order valence-corrected chi connectivity index (χ2v) is 7.20. The van der Waals surface area contributed by atoms with Gasteiger partial charge in [-0.2, -0.15) is 0 Å². The number of nitrogens with zero attached hydrogens (tertiary/aromatic N) is 1. The monoisotopic (exact) mass is 315 g/mol. The molecule has 0 N–H and O–H groups in total. The Morgan fingerprint density at radius 2 is 1.95 bits per heavy atom. The first-order valence-electron chi connectivity index (χ1n) is 7.81. The highest BCUT2D eigenvalue weighted by Gasteiger charge is 2.46. The van der Waals surface area contributed by atoms with Crippen LogP contribution in [-0.4, -0.2) is 47.5 Å². The number of carbonyl (C=O) groups is 2. The summed E-state index contributed by atoms with van der Waals surface area (Å²) in [4.78, 5) is 25.7. The summed E-state index contributed by atoms with van der Waals surface area (Å²) in [6.45, 7) is 13.2. The van der Waals surface area contributed by atoms with Crippen LogP contribution >= 0.6 is 0 Å². The van der Waals surface area contributed by atoms with E-state index < -0.39 is 17.4 Å². The van der Waals surface area contributed by atoms with Crippen LogP contribution in [0.5, 0.6) is 0 Å². The Morgan fingerprint density at radius 3 is 2.45 bits per heavy atom. The van der Waals surface area contributed by atoms with Crippen molar-refractivity contribution in [3.63, 3.8) is 0 Å². The molecule has 0 aliphatic carbocycles. The predicted molar refractivity (Wildman–Crippen MR) is 82.3 cm³/mol. The Labute approximate surface area is 133 Å². The SMILES string of the molecule is CCC(C)C(=O)OC[C@@H]1COC(C)(C)N1C(=O)OC(C)(C)C. The topological polar surface area (TPSA) is 65.1 Å². The maximum Gasteiger partial charge on any atom is 0.413 e. The van der Waals surface area contributed by atoms with E-state index in [4.69, 9.17) is 14.2 Å². The van der Waals surface area contributed by atoms with Crippen molar-refractivity contribution in [1.29, 1.82) is 0 Å². The normalized spacial score (nSPS) is 22.3. The Balaban J connectivity index is 2.73. The molecule has 0 spiro atoms. The van der Waals surface area contributed by atoms with Crippen LogP contribution in [0.3, 0.4) is 0 Å². The molecule has 128 valence electrons. The molecule has 2 atom stereocenters. The van der Waals surface area contributed by atoms with E-state index in [1.807, 2.05) is 34.6 Å². The molecule has 22 heavy (non-hydrogen) atoms. The number of carbonyl (C=O) groups excluding carboxylic acids is 2. The van der Waals surface area contributed by atoms with Crippen LogP contribution in [0.2, 0.25) is 0 Å². The van der Waals surface area contributed by atoms with Crippen LogP contribution in [0.1, 0.15) is 54.9 Å². The van der Waals surface area contributed by atoms with Gasteiger partial charge in [-0.1, -0.05) is 13.8 Å². The summed E-state index contributed by atoms with van der Waals surface area (Å²) in [5.41, 5.74) is -1.37. The van der Waals surface area contributed by atoms with Crippen molar-refractivity contribution in [3.05, 3.63) is 0 Å². The zero-order chi connectivity index (χ0) is 17.1. The summed E-state index contributed by atoms with van der Waals surface area (Å²) in [6.07, 6.45) is 0.265. The molecular weight excluding hydrogens is 286 g/mol. The molecule has 0 saturated carbocycles. The molecule has 0 aromatic rings. The molecule has 1 saturated heterocycles. The molecule has 1 aliphatic heterocycles. The maximum absolute atomic E-state index is 12.4. The van der Waals surface area contributed by atoms with Gasteiger partial charge in [-0.3, -0.25) is 9.69 Å². The van der Waals surface area contributed by atoms with Gasteiger partial charge in [0.1, 0.15) is 17.9 Å². The van der Waals surface area contributed by atoms with E-state index >= 15 is 0 Å². The van der Waals surface area contributed by atoms with Crippen molar-refractivity contribution < 1.29 is 23.8 Å². The van der Waals surface area contributed by atoms with E-state index in [2.05, 4.69) is 0 Å². The minimum atomic E-state index is -0.782. The molecule has 1 rings (SSSR count). The average molecular weight is 315 g/mol. The van der Waals surface area contributed by atoms with Crippen LogP contribution in [-0.2, 0) is 19.0 Å². The number of ether oxygens (including phenoxy) is 3. The highest BCUT2D eigenvalue weighted by atomic mass is 16.6. The number of hydrogen-bond acceptors (Lipinski definition) is 5. The van der Waals surface area contributed by atoms with Crippen LogP contribution < -0.4 is 0 Å². The standard InChI is InChI=1S/C16H29NO5/c1-8-11(2)13(18)20-9-12-10-21-16(6,7)17(12)14(19)22-15(3,4)5/h11-12H,8-10H2,1-7H3/t11?,12-/m1/s1. The molecule has 0 radical (unpaired) electrons. The Bertz CT molecular complexity index is 413. The highest BCUT2D eigenvalue weighted by molar-refractivity contribution is 5.72. The predicted octanol–water partition coefficient (Wildman–Crippen LogP) is 2.95. The van der Waals surface area contributed by atoms with Crippen LogP contribution in [0.25, 0.3) is 0 Å². The molecule has 0 bridgehead atoms. The third-order valence-electron chi connectivity index (χ3n) is 3.60. The van der Waals surface area contributed by atoms with Gasteiger partial charge in [-0.25, -0.2) is 4.79 Å². The molecule has 1 heterocycles. The minimum absolute atomic E-state index is 0.117. The van der Waals surface area contributed by atoms with Gasteiger partial charge in [-0.05, 0) is 41.0 Å². The Hall–Kier alpha value is -1.30. The first-order chi connectivity index (χ1) is 9.98. The van der Waals surface area contributed by atoms with E-state index in [0.29, 0.717) is 6.61 Å². The van der Waals surface area contributed by atoms with Gasteiger partial charge in [0.15, 0.2) is 0 Å². The lowest BCUT2D eigenvalue weighted by Crippen LogP contribution is -2.51. The fourth-order valence-corrected chi connectivity index (χ4v) is 2.17. The third kappa shape index (κ3) is 4.87. The smallest absolute Gasteiger partial charge is 0.413 e. The van der Waals surface area contributed by atoms with Gasteiger partial charge in [0, 0.05) is 0 Å². The van der Waals surface area contributed by atoms with Gasteiger partial charge >= 0.3 is 12.1 Å². The van der Waals surface area contributed by atoms with Crippen molar-refractivity contribution >= 4 is 12.1 Å². The molecule has 0 aromatic heterocycles. The Morgan fingerprint density at radius 1 is 1.36 bits per heavy atom. The molecule has 1 aliphatic rings. The van der Waals surface area contributed by atoms with Crippen molar-refractivity contribution in [2.45, 2.75) is 72.3 Å². The van der Waals surface area contributed by atoms with Crippen LogP contribution in [0, 0.1) is 5.92 Å². The largest absolute Gasteiger partial charge is 0.463 e. The second-order valence-electron chi connectivity index (χ2n) is 7.20. The fourth-order valence-electron chi connectivity index (χ4n) is 2.17. The van der Waals surface area contributed by atoms with Gasteiger partial charge in [-0.15, -0.1) is 0 Å². The zero-order valence-electron chi connectivity index (χ0n) is 14.8. The average Bonchev–Trinajstić information content (AvgIpc) is 2.68. The molecule has 1 fully saturated rings. The second kappa shape index (κ2) is 6.86. The summed E-state index contributed by atoms with van der Waals surface area (Å²) in [5, 5.41) is 0. The van der Waals surface area contributed by atoms with E-state index in [0.717, 1.165) is 6.42 Å². The summed E-state index contributed by atoms with van der Waals surface area (Å²) in [5.74, 6) is -0.401. The van der Waals surface area contributed by atoms with Crippen LogP contribution in [0.15, 0.2) is 0 Å². The number of amides is 1. The van der Waals surface area contributed by atoms with Crippen molar-refractivity contribution in [1.82, 2.24) is 4.90 Å². The van der Waals surface area contributed by atoms with Crippen molar-refractivity contribution in [2.24, 2.45) is 5.92 Å². The van der Waals surface area contributed by atoms with E-state index in [-0.39, 0.29) is 24.5 Å². The molecule has 1 amide bonds. The molecule has 6 heteroatoms. The molecular formula is C16H29NO5. The number of rotatable bonds is 4. The van der Waals surface area contributed by atoms with E-state index in [9.17, 15) is 9.59 Å². The van der Waals surface area contributed by atoms with Gasteiger partial charge in [0.05, 0.1) is 18.6 Å². The fraction of sp³-hybridized carbons (Fsp3) is 0.875. The highest BCUT2D eigenvalue weighted by Crippen LogP contribution is 2.29. The summed E-state index contributed by atoms with van der Waals surface area (Å²) in [6, 6.07) is -0.335. The maximum atomic E-state index is 12.4. The van der Waals surface area contributed by atoms with E-state index in [1.54, 1.807) is 13.8 Å². The Kier molecular flexibility index (Phi) is 5.84. The first-order valence-corrected chi connectivity index (χ1v) is 7.81. The molecule has 1 unspecified atom stereocenters. The first kappa shape index (κ1) is 18.7. The summed E-state index contributed by atoms with van der Waals surface area (Å²) >= 11 is 0. The molecule has 0 aromatic carbocycles. The van der Waals surface area contributed by atoms with Crippen molar-refractivity contribution in [2.75, 3.05) is 13.2 Å². The van der Waals surface area contributed by atoms with Gasteiger partial charge in [0.25, 0.3) is 0 Å². The number of hydrogen-bond donors (Lipinski definition) is 0. The number of esters is 1. The van der Waals surface area contributed by atoms with Gasteiger partial charge in [0.2, 0.25) is 0 Å². The zero-order valence-corrected chi connectivity index (χ0v) is 14.8. The lowest BCUT2D eigenvalue weighted by Gasteiger charge is -2.34. The van der Waals surface area contributed by atoms with Gasteiger partial charge < -0.3 is 14.2 Å². The summed E-state index contributed by atoms with van der Waals surface area (Å²) in [7, 11) is 0. The molecule has 6 nitrogen and oxygen atoms in total. The third-order valence-corrected chi connectivity index (χ3v) is 3.60.